The molecule has 3 heterocycles. The van der Waals surface area contributed by atoms with E-state index in [2.05, 4.69) is 10.2 Å². The van der Waals surface area contributed by atoms with Crippen molar-refractivity contribution in [2.75, 3.05) is 32.2 Å². The Morgan fingerprint density at radius 1 is 0.875 bits per heavy atom. The minimum absolute atomic E-state index is 0.00854. The zero-order chi connectivity index (χ0) is 21.9. The van der Waals surface area contributed by atoms with Crippen LogP contribution in [0.2, 0.25) is 0 Å². The van der Waals surface area contributed by atoms with Gasteiger partial charge in [0.25, 0.3) is 0 Å². The number of benzene rings is 2. The molecule has 3 aromatic rings. The minimum Gasteiger partial charge on any atom is -0.490 e. The quantitative estimate of drug-likeness (QED) is 0.426. The average Bonchev–Trinajstić information content (AvgIpc) is 2.99. The van der Waals surface area contributed by atoms with Gasteiger partial charge in [-0.15, -0.1) is 10.2 Å². The van der Waals surface area contributed by atoms with Crippen LogP contribution in [0, 0.1) is 0 Å². The topological polar surface area (TPSA) is 84.7 Å². The largest absolute Gasteiger partial charge is 0.490 e. The summed E-state index contributed by atoms with van der Waals surface area (Å²) in [5.74, 6) is 3.68. The molecule has 0 aliphatic carbocycles. The van der Waals surface area contributed by atoms with Crippen LogP contribution in [0.3, 0.4) is 0 Å². The minimum atomic E-state index is -0.00854. The summed E-state index contributed by atoms with van der Waals surface area (Å²) in [6.45, 7) is 2.47. The summed E-state index contributed by atoms with van der Waals surface area (Å²) >= 11 is 1.35. The van der Waals surface area contributed by atoms with Crippen LogP contribution in [-0.4, -0.2) is 52.7 Å². The standard InChI is InChI=1S/C23H23N3O5S/c1-26-22(16-5-7-19-21(13-16)31-11-3-9-29-19)24-25-23(26)32-14-17(27)15-4-6-18-20(12-15)30-10-2-8-28-18/h4-7,12-13H,2-3,8-11,14H2,1H3. The fourth-order valence-corrected chi connectivity index (χ4v) is 4.35. The Labute approximate surface area is 189 Å². The number of ether oxygens (including phenoxy) is 4. The van der Waals surface area contributed by atoms with Crippen molar-refractivity contribution >= 4 is 17.5 Å². The van der Waals surface area contributed by atoms with Gasteiger partial charge < -0.3 is 23.5 Å². The average molecular weight is 454 g/mol. The van der Waals surface area contributed by atoms with Gasteiger partial charge in [0.05, 0.1) is 32.2 Å². The number of thioether (sulfide) groups is 1. The molecule has 0 unspecified atom stereocenters. The van der Waals surface area contributed by atoms with Crippen LogP contribution >= 0.6 is 11.8 Å². The second kappa shape index (κ2) is 9.12. The molecule has 8 nitrogen and oxygen atoms in total. The number of aromatic nitrogens is 3. The van der Waals surface area contributed by atoms with Crippen LogP contribution in [-0.2, 0) is 7.05 Å². The van der Waals surface area contributed by atoms with E-state index in [4.69, 9.17) is 18.9 Å². The number of hydrogen-bond donors (Lipinski definition) is 0. The molecule has 0 atom stereocenters. The fraction of sp³-hybridized carbons (Fsp3) is 0.348. The first-order valence-electron chi connectivity index (χ1n) is 10.5. The molecule has 0 saturated carbocycles. The van der Waals surface area contributed by atoms with Gasteiger partial charge in [-0.3, -0.25) is 4.79 Å². The van der Waals surface area contributed by atoms with Gasteiger partial charge in [0.15, 0.2) is 39.8 Å². The van der Waals surface area contributed by atoms with Gasteiger partial charge in [-0.05, 0) is 36.4 Å². The molecule has 1 aromatic heterocycles. The molecule has 0 fully saturated rings. The second-order valence-electron chi connectivity index (χ2n) is 7.50. The van der Waals surface area contributed by atoms with Crippen LogP contribution in [0.15, 0.2) is 41.6 Å². The predicted octanol–water partition coefficient (Wildman–Crippen LogP) is 3.78. The lowest BCUT2D eigenvalue weighted by Gasteiger charge is -2.10. The Kier molecular flexibility index (Phi) is 5.89. The van der Waals surface area contributed by atoms with Gasteiger partial charge in [0.2, 0.25) is 0 Å². The Morgan fingerprint density at radius 3 is 2.22 bits per heavy atom. The van der Waals surface area contributed by atoms with Gasteiger partial charge in [-0.25, -0.2) is 0 Å². The first-order chi connectivity index (χ1) is 15.7. The lowest BCUT2D eigenvalue weighted by molar-refractivity contribution is 0.102. The molecule has 0 saturated heterocycles. The highest BCUT2D eigenvalue weighted by molar-refractivity contribution is 7.99. The lowest BCUT2D eigenvalue weighted by Crippen LogP contribution is -2.05. The van der Waals surface area contributed by atoms with E-state index in [0.717, 1.165) is 24.2 Å². The third-order valence-corrected chi connectivity index (χ3v) is 6.26. The number of carbonyl (C=O) groups is 1. The zero-order valence-electron chi connectivity index (χ0n) is 17.7. The van der Waals surface area contributed by atoms with E-state index in [1.165, 1.54) is 11.8 Å². The molecule has 32 heavy (non-hydrogen) atoms. The third kappa shape index (κ3) is 4.25. The van der Waals surface area contributed by atoms with Crippen molar-refractivity contribution in [2.24, 2.45) is 7.05 Å². The number of nitrogens with zero attached hydrogens (tertiary/aromatic N) is 3. The zero-order valence-corrected chi connectivity index (χ0v) is 18.5. The van der Waals surface area contributed by atoms with Gasteiger partial charge in [0, 0.05) is 31.0 Å². The van der Waals surface area contributed by atoms with E-state index < -0.39 is 0 Å². The fourth-order valence-electron chi connectivity index (χ4n) is 3.54. The smallest absolute Gasteiger partial charge is 0.191 e. The Balaban J connectivity index is 1.29. The molecule has 0 spiro atoms. The number of Topliss-reactive ketones (excluding diaryl/α,β-unsaturated/α-hetero) is 1. The Morgan fingerprint density at radius 2 is 1.50 bits per heavy atom. The normalized spacial score (nSPS) is 15.0. The SMILES string of the molecule is Cn1c(SCC(=O)c2ccc3c(c2)OCCCO3)nnc1-c1ccc2c(c1)OCCCO2. The molecule has 0 N–H and O–H groups in total. The van der Waals surface area contributed by atoms with Gasteiger partial charge in [0.1, 0.15) is 0 Å². The van der Waals surface area contributed by atoms with E-state index in [9.17, 15) is 4.79 Å². The number of ketones is 1. The molecular weight excluding hydrogens is 430 g/mol. The second-order valence-corrected chi connectivity index (χ2v) is 8.44. The maximum atomic E-state index is 12.8. The molecule has 2 aliphatic heterocycles. The van der Waals surface area contributed by atoms with Crippen molar-refractivity contribution in [1.29, 1.82) is 0 Å². The monoisotopic (exact) mass is 453 g/mol. The molecule has 0 radical (unpaired) electrons. The van der Waals surface area contributed by atoms with Crippen LogP contribution in [0.5, 0.6) is 23.0 Å². The van der Waals surface area contributed by atoms with Crippen molar-refractivity contribution in [3.05, 3.63) is 42.0 Å². The molecule has 166 valence electrons. The first-order valence-corrected chi connectivity index (χ1v) is 11.5. The van der Waals surface area contributed by atoms with Crippen molar-refractivity contribution in [3.63, 3.8) is 0 Å². The van der Waals surface area contributed by atoms with Crippen LogP contribution in [0.25, 0.3) is 11.4 Å². The van der Waals surface area contributed by atoms with E-state index in [1.807, 2.05) is 29.8 Å². The summed E-state index contributed by atoms with van der Waals surface area (Å²) in [5, 5.41) is 9.26. The van der Waals surface area contributed by atoms with Crippen LogP contribution in [0.1, 0.15) is 23.2 Å². The summed E-state index contributed by atoms with van der Waals surface area (Å²) in [4.78, 5) is 12.8. The molecule has 5 rings (SSSR count). The van der Waals surface area contributed by atoms with E-state index >= 15 is 0 Å². The van der Waals surface area contributed by atoms with Crippen molar-refractivity contribution in [1.82, 2.24) is 14.8 Å². The van der Waals surface area contributed by atoms with Crippen molar-refractivity contribution in [2.45, 2.75) is 18.0 Å². The molecular formula is C23H23N3O5S. The number of fused-ring (bicyclic) bond motifs is 2. The van der Waals surface area contributed by atoms with E-state index in [0.29, 0.717) is 60.2 Å². The maximum absolute atomic E-state index is 12.8. The summed E-state index contributed by atoms with van der Waals surface area (Å²) in [5.41, 5.74) is 1.47. The van der Waals surface area contributed by atoms with Crippen LogP contribution in [0.4, 0.5) is 0 Å². The molecule has 9 heteroatoms. The van der Waals surface area contributed by atoms with Crippen molar-refractivity contribution < 1.29 is 23.7 Å². The highest BCUT2D eigenvalue weighted by Gasteiger charge is 2.18. The van der Waals surface area contributed by atoms with Gasteiger partial charge in [-0.2, -0.15) is 0 Å². The molecule has 0 bridgehead atoms. The van der Waals surface area contributed by atoms with E-state index in [1.54, 1.807) is 18.2 Å². The molecule has 0 amide bonds. The summed E-state index contributed by atoms with van der Waals surface area (Å²) in [6.07, 6.45) is 1.68. The number of rotatable bonds is 5. The Bertz CT molecular complexity index is 1150. The lowest BCUT2D eigenvalue weighted by atomic mass is 10.1. The summed E-state index contributed by atoms with van der Waals surface area (Å²) in [6, 6.07) is 11.1. The first kappa shape index (κ1) is 20.7. The molecule has 2 aromatic carbocycles. The number of hydrogen-bond acceptors (Lipinski definition) is 8. The maximum Gasteiger partial charge on any atom is 0.191 e. The van der Waals surface area contributed by atoms with Gasteiger partial charge >= 0.3 is 0 Å². The number of carbonyl (C=O) groups excluding carboxylic acids is 1. The van der Waals surface area contributed by atoms with Crippen LogP contribution < -0.4 is 18.9 Å². The molecule has 2 aliphatic rings. The summed E-state index contributed by atoms with van der Waals surface area (Å²) < 4.78 is 24.7. The highest BCUT2D eigenvalue weighted by Crippen LogP contribution is 2.35. The summed E-state index contributed by atoms with van der Waals surface area (Å²) in [7, 11) is 1.89. The van der Waals surface area contributed by atoms with Gasteiger partial charge in [-0.1, -0.05) is 11.8 Å². The highest BCUT2D eigenvalue weighted by atomic mass is 32.2. The Hall–Kier alpha value is -3.20. The van der Waals surface area contributed by atoms with Crippen molar-refractivity contribution in [3.8, 4) is 34.4 Å². The predicted molar refractivity (Wildman–Crippen MR) is 119 cm³/mol. The third-order valence-electron chi connectivity index (χ3n) is 5.24. The van der Waals surface area contributed by atoms with E-state index in [-0.39, 0.29) is 11.5 Å².